The average Bonchev–Trinajstić information content (AvgIpc) is 2.41. The number of hydrogen-bond donors (Lipinski definition) is 1. The van der Waals surface area contributed by atoms with Crippen LogP contribution >= 0.6 is 27.5 Å². The van der Waals surface area contributed by atoms with E-state index in [0.717, 1.165) is 6.07 Å². The first-order valence-corrected chi connectivity index (χ1v) is 4.97. The van der Waals surface area contributed by atoms with Crippen molar-refractivity contribution < 1.29 is 13.2 Å². The number of nitrogens with zero attached hydrogens (tertiary/aromatic N) is 1. The molecule has 1 heterocycles. The Kier molecular flexibility index (Phi) is 2.42. The number of aromatic nitrogens is 2. The average molecular weight is 299 g/mol. The lowest BCUT2D eigenvalue weighted by Crippen LogP contribution is -2.05. The Balaban J connectivity index is 2.82. The van der Waals surface area contributed by atoms with Crippen LogP contribution in [0.5, 0.6) is 0 Å². The molecule has 2 aromatic rings. The number of benzene rings is 1. The maximum Gasteiger partial charge on any atom is 0.418 e. The normalized spacial score (nSPS) is 12.3. The van der Waals surface area contributed by atoms with Crippen molar-refractivity contribution in [3.05, 3.63) is 27.5 Å². The second-order valence-electron chi connectivity index (χ2n) is 2.87. The smallest absolute Gasteiger partial charge is 0.329 e. The molecular formula is C8H3BrClF3N2. The van der Waals surface area contributed by atoms with Crippen molar-refractivity contribution in [1.29, 1.82) is 0 Å². The fraction of sp³-hybridized carbons (Fsp3) is 0.125. The third kappa shape index (κ3) is 1.96. The summed E-state index contributed by atoms with van der Waals surface area (Å²) >= 11 is 8.50. The molecule has 0 radical (unpaired) electrons. The van der Waals surface area contributed by atoms with Crippen LogP contribution in [0.4, 0.5) is 13.2 Å². The highest BCUT2D eigenvalue weighted by atomic mass is 79.9. The number of hydrogen-bond acceptors (Lipinski definition) is 1. The Labute approximate surface area is 95.6 Å². The third-order valence-electron chi connectivity index (χ3n) is 1.83. The second-order valence-corrected chi connectivity index (χ2v) is 4.15. The summed E-state index contributed by atoms with van der Waals surface area (Å²) in [6.07, 6.45) is -4.44. The van der Waals surface area contributed by atoms with Crippen LogP contribution in [-0.2, 0) is 6.18 Å². The van der Waals surface area contributed by atoms with Crippen molar-refractivity contribution in [2.75, 3.05) is 0 Å². The van der Waals surface area contributed by atoms with E-state index < -0.39 is 11.7 Å². The van der Waals surface area contributed by atoms with Crippen molar-refractivity contribution in [3.8, 4) is 0 Å². The van der Waals surface area contributed by atoms with E-state index in [0.29, 0.717) is 4.47 Å². The first-order chi connectivity index (χ1) is 6.88. The first-order valence-electron chi connectivity index (χ1n) is 3.80. The minimum atomic E-state index is -4.44. The number of H-pyrrole nitrogens is 1. The Morgan fingerprint density at radius 2 is 2.00 bits per heavy atom. The van der Waals surface area contributed by atoms with Crippen LogP contribution in [0.1, 0.15) is 5.56 Å². The van der Waals surface area contributed by atoms with Gasteiger partial charge in [-0.2, -0.15) is 13.2 Å². The number of halogens is 5. The van der Waals surface area contributed by atoms with Crippen molar-refractivity contribution in [1.82, 2.24) is 9.97 Å². The number of fused-ring (bicyclic) bond motifs is 1. The topological polar surface area (TPSA) is 28.7 Å². The molecule has 2 rings (SSSR count). The molecule has 0 aliphatic heterocycles. The molecule has 1 aromatic heterocycles. The molecule has 15 heavy (non-hydrogen) atoms. The molecule has 0 fully saturated rings. The predicted molar refractivity (Wildman–Crippen MR) is 53.8 cm³/mol. The lowest BCUT2D eigenvalue weighted by molar-refractivity contribution is -0.136. The van der Waals surface area contributed by atoms with Gasteiger partial charge in [0.2, 0.25) is 5.28 Å². The molecule has 0 unspecified atom stereocenters. The fourth-order valence-electron chi connectivity index (χ4n) is 1.27. The standard InChI is InChI=1S/C8H3BrClF3N2/c9-3-1-4(8(11,12)13)6-5(2-3)14-7(10)15-6/h1-2H,(H,14,15). The molecule has 0 saturated heterocycles. The number of alkyl halides is 3. The quantitative estimate of drug-likeness (QED) is 0.782. The van der Waals surface area contributed by atoms with Gasteiger partial charge in [-0.3, -0.25) is 0 Å². The van der Waals surface area contributed by atoms with E-state index in [1.165, 1.54) is 6.07 Å². The molecular weight excluding hydrogens is 296 g/mol. The molecule has 0 saturated carbocycles. The molecule has 0 aliphatic rings. The first kappa shape index (κ1) is 10.8. The van der Waals surface area contributed by atoms with Crippen LogP contribution in [0.2, 0.25) is 5.28 Å². The Morgan fingerprint density at radius 1 is 1.33 bits per heavy atom. The third-order valence-corrected chi connectivity index (χ3v) is 2.46. The SMILES string of the molecule is FC(F)(F)c1cc(Br)cc2[nH]c(Cl)nc12. The van der Waals surface area contributed by atoms with Crippen LogP contribution in [0.25, 0.3) is 11.0 Å². The van der Waals surface area contributed by atoms with Crippen LogP contribution in [0.3, 0.4) is 0 Å². The minimum Gasteiger partial charge on any atom is -0.329 e. The van der Waals surface area contributed by atoms with E-state index in [4.69, 9.17) is 11.6 Å². The molecule has 0 amide bonds. The minimum absolute atomic E-state index is 0.0615. The fourth-order valence-corrected chi connectivity index (χ4v) is 1.91. The second kappa shape index (κ2) is 3.38. The van der Waals surface area contributed by atoms with E-state index >= 15 is 0 Å². The predicted octanol–water partition coefficient (Wildman–Crippen LogP) is 4.00. The van der Waals surface area contributed by atoms with Gasteiger partial charge in [0.05, 0.1) is 11.1 Å². The summed E-state index contributed by atoms with van der Waals surface area (Å²) in [6, 6.07) is 2.46. The summed E-state index contributed by atoms with van der Waals surface area (Å²) in [5.41, 5.74) is -0.729. The summed E-state index contributed by atoms with van der Waals surface area (Å²) in [6.45, 7) is 0. The zero-order chi connectivity index (χ0) is 11.2. The van der Waals surface area contributed by atoms with Gasteiger partial charge < -0.3 is 4.98 Å². The summed E-state index contributed by atoms with van der Waals surface area (Å²) in [5, 5.41) is -0.0615. The van der Waals surface area contributed by atoms with Crippen LogP contribution in [0, 0.1) is 0 Å². The molecule has 7 heteroatoms. The molecule has 1 N–H and O–H groups in total. The molecule has 80 valence electrons. The van der Waals surface area contributed by atoms with E-state index in [-0.39, 0.29) is 16.3 Å². The highest BCUT2D eigenvalue weighted by Gasteiger charge is 2.34. The molecule has 0 aliphatic carbocycles. The van der Waals surface area contributed by atoms with Gasteiger partial charge >= 0.3 is 6.18 Å². The summed E-state index contributed by atoms with van der Waals surface area (Å²) in [5.74, 6) is 0. The zero-order valence-electron chi connectivity index (χ0n) is 6.99. The van der Waals surface area contributed by atoms with E-state index in [9.17, 15) is 13.2 Å². The Bertz CT molecular complexity index is 520. The van der Waals surface area contributed by atoms with Gasteiger partial charge in [0, 0.05) is 4.47 Å². The number of rotatable bonds is 0. The summed E-state index contributed by atoms with van der Waals surface area (Å²) in [4.78, 5) is 6.13. The van der Waals surface area contributed by atoms with Crippen LogP contribution in [-0.4, -0.2) is 9.97 Å². The summed E-state index contributed by atoms with van der Waals surface area (Å²) in [7, 11) is 0. The van der Waals surface area contributed by atoms with Gasteiger partial charge in [-0.1, -0.05) is 15.9 Å². The van der Waals surface area contributed by atoms with E-state index in [1.807, 2.05) is 0 Å². The van der Waals surface area contributed by atoms with Gasteiger partial charge in [0.15, 0.2) is 0 Å². The lowest BCUT2D eigenvalue weighted by Gasteiger charge is -2.07. The highest BCUT2D eigenvalue weighted by Crippen LogP contribution is 2.36. The largest absolute Gasteiger partial charge is 0.418 e. The van der Waals surface area contributed by atoms with Gasteiger partial charge in [-0.15, -0.1) is 0 Å². The monoisotopic (exact) mass is 298 g/mol. The van der Waals surface area contributed by atoms with Crippen molar-refractivity contribution in [2.45, 2.75) is 6.18 Å². The maximum absolute atomic E-state index is 12.6. The van der Waals surface area contributed by atoms with Crippen molar-refractivity contribution in [2.24, 2.45) is 0 Å². The lowest BCUT2D eigenvalue weighted by atomic mass is 10.2. The van der Waals surface area contributed by atoms with Gasteiger partial charge in [-0.05, 0) is 23.7 Å². The van der Waals surface area contributed by atoms with E-state index in [1.54, 1.807) is 0 Å². The molecule has 0 bridgehead atoms. The molecule has 0 atom stereocenters. The highest BCUT2D eigenvalue weighted by molar-refractivity contribution is 9.10. The van der Waals surface area contributed by atoms with Crippen molar-refractivity contribution >= 4 is 38.6 Å². The Morgan fingerprint density at radius 3 is 2.60 bits per heavy atom. The van der Waals surface area contributed by atoms with Gasteiger partial charge in [0.25, 0.3) is 0 Å². The molecule has 1 aromatic carbocycles. The number of aromatic amines is 1. The molecule has 0 spiro atoms. The van der Waals surface area contributed by atoms with E-state index in [2.05, 4.69) is 25.9 Å². The van der Waals surface area contributed by atoms with Crippen LogP contribution < -0.4 is 0 Å². The number of nitrogens with one attached hydrogen (secondary N) is 1. The number of imidazole rings is 1. The summed E-state index contributed by atoms with van der Waals surface area (Å²) < 4.78 is 38.1. The van der Waals surface area contributed by atoms with Gasteiger partial charge in [-0.25, -0.2) is 4.98 Å². The Hall–Kier alpha value is -0.750. The zero-order valence-corrected chi connectivity index (χ0v) is 9.33. The van der Waals surface area contributed by atoms with Gasteiger partial charge in [0.1, 0.15) is 5.52 Å². The van der Waals surface area contributed by atoms with Crippen molar-refractivity contribution in [3.63, 3.8) is 0 Å². The molecule has 2 nitrogen and oxygen atoms in total. The maximum atomic E-state index is 12.6. The van der Waals surface area contributed by atoms with Crippen LogP contribution in [0.15, 0.2) is 16.6 Å².